The number of rotatable bonds is 5. The largest absolute Gasteiger partial charge is 0.396 e. The number of aromatic amines is 1. The predicted molar refractivity (Wildman–Crippen MR) is 117 cm³/mol. The van der Waals surface area contributed by atoms with Gasteiger partial charge in [-0.1, -0.05) is 6.07 Å². The van der Waals surface area contributed by atoms with Gasteiger partial charge in [-0.15, -0.1) is 0 Å². The first-order valence-corrected chi connectivity index (χ1v) is 12.3. The molecule has 6 heteroatoms. The molecule has 2 aromatic heterocycles. The number of pyridine rings is 1. The molecule has 0 aromatic carbocycles. The van der Waals surface area contributed by atoms with Crippen LogP contribution in [0.25, 0.3) is 5.52 Å². The second-order valence-electron chi connectivity index (χ2n) is 11.0. The molecule has 1 saturated heterocycles. The molecule has 0 radical (unpaired) electrons. The first-order valence-electron chi connectivity index (χ1n) is 12.3. The van der Waals surface area contributed by atoms with Crippen molar-refractivity contribution in [1.29, 1.82) is 0 Å². The summed E-state index contributed by atoms with van der Waals surface area (Å²) in [4.78, 5) is 19.5. The molecule has 0 atom stereocenters. The molecular formula is C25H35N4O2+. The van der Waals surface area contributed by atoms with Crippen LogP contribution < -0.4 is 9.72 Å². The number of imidazole rings is 1. The van der Waals surface area contributed by atoms with E-state index in [0.717, 1.165) is 61.4 Å². The lowest BCUT2D eigenvalue weighted by Crippen LogP contribution is -2.60. The number of nitrogens with zero attached hydrogens (tertiary/aromatic N) is 2. The van der Waals surface area contributed by atoms with Crippen LogP contribution >= 0.6 is 0 Å². The zero-order valence-electron chi connectivity index (χ0n) is 18.4. The topological polar surface area (TPSA) is 72.5 Å². The van der Waals surface area contributed by atoms with Gasteiger partial charge in [0.25, 0.3) is 0 Å². The summed E-state index contributed by atoms with van der Waals surface area (Å²) in [7, 11) is 0. The van der Waals surface area contributed by atoms with Gasteiger partial charge in [0.1, 0.15) is 0 Å². The number of aliphatic hydroxyl groups excluding tert-OH is 1. The molecule has 4 saturated carbocycles. The molecule has 1 aliphatic heterocycles. The number of piperidine rings is 1. The molecule has 7 rings (SSSR count). The van der Waals surface area contributed by atoms with Crippen LogP contribution in [-0.4, -0.2) is 46.1 Å². The van der Waals surface area contributed by atoms with Gasteiger partial charge in [0, 0.05) is 12.1 Å². The number of fused-ring (bicyclic) bond motifs is 1. The van der Waals surface area contributed by atoms with Crippen LogP contribution in [-0.2, 0) is 6.54 Å². The summed E-state index contributed by atoms with van der Waals surface area (Å²) in [5.41, 5.74) is 2.21. The Morgan fingerprint density at radius 1 is 1.13 bits per heavy atom. The summed E-state index contributed by atoms with van der Waals surface area (Å²) in [5, 5.41) is 12.9. The van der Waals surface area contributed by atoms with Gasteiger partial charge in [-0.2, -0.15) is 4.40 Å². The van der Waals surface area contributed by atoms with Gasteiger partial charge in [0.2, 0.25) is 0 Å². The van der Waals surface area contributed by atoms with Crippen molar-refractivity contribution in [1.82, 2.24) is 15.2 Å². The summed E-state index contributed by atoms with van der Waals surface area (Å²) < 4.78 is 2.03. The number of hydrogen-bond donors (Lipinski definition) is 3. The maximum Gasteiger partial charge on any atom is 0.351 e. The van der Waals surface area contributed by atoms with Crippen molar-refractivity contribution < 1.29 is 14.3 Å². The maximum absolute atomic E-state index is 13.5. The number of amides is 1. The second-order valence-corrected chi connectivity index (χ2v) is 11.0. The van der Waals surface area contributed by atoms with E-state index < -0.39 is 0 Å². The average Bonchev–Trinajstić information content (AvgIpc) is 3.12. The van der Waals surface area contributed by atoms with E-state index in [1.807, 2.05) is 22.7 Å². The van der Waals surface area contributed by atoms with Gasteiger partial charge in [0.15, 0.2) is 11.2 Å². The highest BCUT2D eigenvalue weighted by atomic mass is 16.3. The minimum absolute atomic E-state index is 0.0188. The van der Waals surface area contributed by atoms with Gasteiger partial charge in [-0.3, -0.25) is 9.69 Å². The monoisotopic (exact) mass is 423 g/mol. The molecule has 4 bridgehead atoms. The Balaban J connectivity index is 1.24. The lowest BCUT2D eigenvalue weighted by Gasteiger charge is -2.56. The summed E-state index contributed by atoms with van der Waals surface area (Å²) in [6, 6.07) is 6.15. The molecular weight excluding hydrogens is 388 g/mol. The summed E-state index contributed by atoms with van der Waals surface area (Å²) in [6.45, 7) is 3.11. The molecule has 6 nitrogen and oxygen atoms in total. The van der Waals surface area contributed by atoms with E-state index in [-0.39, 0.29) is 11.4 Å². The molecule has 31 heavy (non-hydrogen) atoms. The van der Waals surface area contributed by atoms with Crippen molar-refractivity contribution in [3.05, 3.63) is 35.9 Å². The first kappa shape index (κ1) is 19.7. The molecule has 5 aliphatic rings. The molecule has 166 valence electrons. The maximum atomic E-state index is 13.5. The average molecular weight is 424 g/mol. The molecule has 0 unspecified atom stereocenters. The Hall–Kier alpha value is -1.92. The number of aromatic nitrogens is 2. The standard InChI is InChI=1S/C25H34N4O2/c30-16-17-4-7-28(8-5-17)15-21-22-3-1-2-6-29(22)23(26-21)24(31)27-25-12-18-9-19(13-25)11-20(10-18)14-25/h1-3,6,17-20,30H,4-5,7-16H2,(H,27,31)/p+1. The van der Waals surface area contributed by atoms with Gasteiger partial charge >= 0.3 is 11.7 Å². The van der Waals surface area contributed by atoms with Crippen molar-refractivity contribution in [2.75, 3.05) is 19.7 Å². The third-order valence-electron chi connectivity index (χ3n) is 8.66. The number of hydrogen-bond acceptors (Lipinski definition) is 3. The predicted octanol–water partition coefficient (Wildman–Crippen LogP) is 2.66. The SMILES string of the molecule is O=C(NC12CC3CC(CC(C3)C1)C2)c1[nH]c(CN2CCC(CO)CC2)c2cccc[n+]12. The van der Waals surface area contributed by atoms with E-state index in [9.17, 15) is 9.90 Å². The normalized spacial score (nSPS) is 33.3. The van der Waals surface area contributed by atoms with Crippen molar-refractivity contribution in [3.8, 4) is 0 Å². The van der Waals surface area contributed by atoms with Crippen LogP contribution in [0.1, 0.15) is 67.7 Å². The first-order chi connectivity index (χ1) is 15.1. The fourth-order valence-electron chi connectivity index (χ4n) is 7.55. The molecule has 4 aliphatic carbocycles. The van der Waals surface area contributed by atoms with Crippen molar-refractivity contribution in [3.63, 3.8) is 0 Å². The highest BCUT2D eigenvalue weighted by Gasteiger charge is 2.52. The molecule has 1 amide bonds. The third kappa shape index (κ3) is 3.58. The van der Waals surface area contributed by atoms with Gasteiger partial charge < -0.3 is 10.4 Å². The lowest BCUT2D eigenvalue weighted by atomic mass is 9.53. The molecule has 3 N–H and O–H groups in total. The van der Waals surface area contributed by atoms with Crippen LogP contribution in [0.5, 0.6) is 0 Å². The fraction of sp³-hybridized carbons (Fsp3) is 0.680. The minimum Gasteiger partial charge on any atom is -0.396 e. The number of aliphatic hydroxyl groups is 1. The van der Waals surface area contributed by atoms with Crippen LogP contribution in [0.4, 0.5) is 0 Å². The number of carbonyl (C=O) groups is 1. The Morgan fingerprint density at radius 2 is 1.81 bits per heavy atom. The quantitative estimate of drug-likeness (QED) is 0.648. The number of nitrogens with one attached hydrogen (secondary N) is 2. The molecule has 3 heterocycles. The highest BCUT2D eigenvalue weighted by molar-refractivity contribution is 5.90. The Labute approximate surface area is 184 Å². The van der Waals surface area contributed by atoms with E-state index in [0.29, 0.717) is 18.3 Å². The Morgan fingerprint density at radius 3 is 2.45 bits per heavy atom. The van der Waals surface area contributed by atoms with E-state index in [1.165, 1.54) is 38.5 Å². The van der Waals surface area contributed by atoms with E-state index in [2.05, 4.69) is 21.3 Å². The summed E-state index contributed by atoms with van der Waals surface area (Å²) in [6.07, 6.45) is 11.7. The van der Waals surface area contributed by atoms with E-state index in [4.69, 9.17) is 0 Å². The lowest BCUT2D eigenvalue weighted by molar-refractivity contribution is -0.514. The van der Waals surface area contributed by atoms with Crippen molar-refractivity contribution in [2.45, 2.75) is 63.5 Å². The molecule has 0 spiro atoms. The Kier molecular flexibility index (Phi) is 4.83. The van der Waals surface area contributed by atoms with Crippen LogP contribution in [0.3, 0.4) is 0 Å². The highest BCUT2D eigenvalue weighted by Crippen LogP contribution is 2.55. The van der Waals surface area contributed by atoms with Crippen LogP contribution in [0, 0.1) is 23.7 Å². The van der Waals surface area contributed by atoms with Crippen LogP contribution in [0.15, 0.2) is 24.4 Å². The smallest absolute Gasteiger partial charge is 0.351 e. The van der Waals surface area contributed by atoms with Gasteiger partial charge in [0.05, 0.1) is 12.7 Å². The zero-order valence-corrected chi connectivity index (χ0v) is 18.4. The summed E-state index contributed by atoms with van der Waals surface area (Å²) in [5.74, 6) is 3.60. The van der Waals surface area contributed by atoms with E-state index >= 15 is 0 Å². The molecule has 5 fully saturated rings. The Bertz CT molecular complexity index is 940. The summed E-state index contributed by atoms with van der Waals surface area (Å²) >= 11 is 0. The van der Waals surface area contributed by atoms with Crippen LogP contribution in [0.2, 0.25) is 0 Å². The number of carbonyl (C=O) groups excluding carboxylic acids is 1. The fourth-order valence-corrected chi connectivity index (χ4v) is 7.55. The van der Waals surface area contributed by atoms with Gasteiger partial charge in [-0.05, 0) is 100 Å². The second kappa shape index (κ2) is 7.59. The number of H-pyrrole nitrogens is 1. The minimum atomic E-state index is 0.0188. The van der Waals surface area contributed by atoms with Crippen molar-refractivity contribution >= 4 is 11.4 Å². The number of likely N-dealkylation sites (tertiary alicyclic amines) is 1. The third-order valence-corrected chi connectivity index (χ3v) is 8.66. The molecule has 2 aromatic rings. The van der Waals surface area contributed by atoms with Gasteiger partial charge in [-0.25, -0.2) is 4.98 Å². The van der Waals surface area contributed by atoms with Crippen molar-refractivity contribution in [2.24, 2.45) is 23.7 Å². The van der Waals surface area contributed by atoms with E-state index in [1.54, 1.807) is 0 Å². The zero-order chi connectivity index (χ0) is 21.0.